The zero-order valence-corrected chi connectivity index (χ0v) is 20.3. The number of aromatic nitrogens is 3. The van der Waals surface area contributed by atoms with Gasteiger partial charge in [-0.05, 0) is 24.1 Å². The van der Waals surface area contributed by atoms with E-state index in [1.807, 2.05) is 30.3 Å². The molecule has 0 amide bonds. The van der Waals surface area contributed by atoms with Gasteiger partial charge in [-0.3, -0.25) is 0 Å². The van der Waals surface area contributed by atoms with Crippen LogP contribution in [0.25, 0.3) is 33.5 Å². The summed E-state index contributed by atoms with van der Waals surface area (Å²) in [6.45, 7) is 1.13. The summed E-state index contributed by atoms with van der Waals surface area (Å²) in [7, 11) is -3.36. The summed E-state index contributed by atoms with van der Waals surface area (Å²) in [6, 6.07) is 16.5. The number of benzene rings is 2. The lowest BCUT2D eigenvalue weighted by molar-refractivity contribution is 0.0273. The van der Waals surface area contributed by atoms with Gasteiger partial charge in [0.2, 0.25) is 0 Å². The van der Waals surface area contributed by atoms with E-state index in [2.05, 4.69) is 15.0 Å². The molecule has 4 aromatic rings. The Morgan fingerprint density at radius 3 is 2.63 bits per heavy atom. The number of rotatable bonds is 5. The molecule has 1 N–H and O–H groups in total. The molecule has 2 saturated heterocycles. The summed E-state index contributed by atoms with van der Waals surface area (Å²) < 4.78 is 41.9. The van der Waals surface area contributed by atoms with Crippen molar-refractivity contribution in [1.82, 2.24) is 15.0 Å². The fourth-order valence-corrected chi connectivity index (χ4v) is 5.84. The maximum absolute atomic E-state index is 12.2. The second-order valence-corrected chi connectivity index (χ2v) is 11.1. The first kappa shape index (κ1) is 22.5. The predicted molar refractivity (Wildman–Crippen MR) is 131 cm³/mol. The number of aromatic amines is 1. The summed E-state index contributed by atoms with van der Waals surface area (Å²) in [5.74, 6) is 0. The van der Waals surface area contributed by atoms with E-state index >= 15 is 0 Å². The first-order valence-electron chi connectivity index (χ1n) is 11.2. The molecular weight excluding hydrogens is 490 g/mol. The van der Waals surface area contributed by atoms with E-state index in [1.165, 1.54) is 6.26 Å². The topological polar surface area (TPSA) is 103 Å². The molecule has 4 heterocycles. The minimum absolute atomic E-state index is 0.0796. The van der Waals surface area contributed by atoms with Gasteiger partial charge in [0.15, 0.2) is 21.6 Å². The Bertz CT molecular complexity index is 1520. The zero-order valence-electron chi connectivity index (χ0n) is 18.8. The molecule has 2 aromatic heterocycles. The predicted octanol–water partition coefficient (Wildman–Crippen LogP) is 4.28. The molecule has 0 spiro atoms. The maximum atomic E-state index is 12.2. The fraction of sp³-hybridized carbons (Fsp3) is 0.280. The highest BCUT2D eigenvalue weighted by atomic mass is 35.5. The normalized spacial score (nSPS) is 21.9. The van der Waals surface area contributed by atoms with Crippen LogP contribution in [0.5, 0.6) is 6.01 Å². The number of hydrogen-bond acceptors (Lipinski definition) is 7. The molecule has 10 heteroatoms. The van der Waals surface area contributed by atoms with Crippen molar-refractivity contribution in [1.29, 1.82) is 0 Å². The van der Waals surface area contributed by atoms with Crippen LogP contribution in [0.1, 0.15) is 6.42 Å². The lowest BCUT2D eigenvalue weighted by Crippen LogP contribution is -2.32. The van der Waals surface area contributed by atoms with Crippen molar-refractivity contribution in [3.8, 4) is 28.4 Å². The van der Waals surface area contributed by atoms with Crippen molar-refractivity contribution < 1.29 is 22.6 Å². The Morgan fingerprint density at radius 2 is 1.83 bits per heavy atom. The van der Waals surface area contributed by atoms with Gasteiger partial charge in [0, 0.05) is 24.0 Å². The number of H-pyrrole nitrogens is 1. The van der Waals surface area contributed by atoms with Crippen LogP contribution in [0.4, 0.5) is 0 Å². The smallest absolute Gasteiger partial charge is 0.296 e. The number of nitrogens with zero attached hydrogens (tertiary/aromatic N) is 2. The minimum atomic E-state index is -3.36. The van der Waals surface area contributed by atoms with Crippen LogP contribution in [-0.4, -0.2) is 61.2 Å². The molecular formula is C25H22ClN3O5S. The van der Waals surface area contributed by atoms with E-state index in [0.717, 1.165) is 17.5 Å². The van der Waals surface area contributed by atoms with E-state index in [1.54, 1.807) is 24.3 Å². The van der Waals surface area contributed by atoms with Crippen LogP contribution < -0.4 is 4.74 Å². The van der Waals surface area contributed by atoms with Crippen LogP contribution in [0.3, 0.4) is 0 Å². The molecule has 2 aliphatic heterocycles. The van der Waals surface area contributed by atoms with E-state index in [9.17, 15) is 8.42 Å². The number of pyridine rings is 1. The molecule has 180 valence electrons. The second-order valence-electron chi connectivity index (χ2n) is 8.73. The maximum Gasteiger partial charge on any atom is 0.296 e. The number of sulfone groups is 1. The van der Waals surface area contributed by atoms with E-state index in [4.69, 9.17) is 25.8 Å². The van der Waals surface area contributed by atoms with Crippen LogP contribution in [0.2, 0.25) is 5.02 Å². The summed E-state index contributed by atoms with van der Waals surface area (Å²) >= 11 is 6.56. The van der Waals surface area contributed by atoms with Gasteiger partial charge in [0.25, 0.3) is 6.01 Å². The van der Waals surface area contributed by atoms with Crippen molar-refractivity contribution >= 4 is 32.6 Å². The molecule has 0 aliphatic carbocycles. The monoisotopic (exact) mass is 511 g/mol. The first-order valence-corrected chi connectivity index (χ1v) is 13.5. The van der Waals surface area contributed by atoms with Crippen LogP contribution >= 0.6 is 11.6 Å². The van der Waals surface area contributed by atoms with Gasteiger partial charge in [-0.15, -0.1) is 0 Å². The highest BCUT2D eigenvalue weighted by molar-refractivity contribution is 7.90. The molecule has 2 aliphatic rings. The van der Waals surface area contributed by atoms with Crippen molar-refractivity contribution in [2.45, 2.75) is 29.6 Å². The third-order valence-corrected chi connectivity index (χ3v) is 7.79. The Hall–Kier alpha value is -2.98. The summed E-state index contributed by atoms with van der Waals surface area (Å²) in [5.41, 5.74) is 3.94. The average molecular weight is 512 g/mol. The van der Waals surface area contributed by atoms with E-state index in [0.29, 0.717) is 46.7 Å². The molecule has 2 aromatic carbocycles. The first-order chi connectivity index (χ1) is 16.9. The van der Waals surface area contributed by atoms with Crippen LogP contribution in [0.15, 0.2) is 59.5 Å². The standard InChI is InChI=1S/C25H22ClN3O5S/c1-35(30,31)21-5-3-2-4-16(21)14-6-8-15(9-7-14)22-17(26)12-18-24(28-22)29-25(27-18)34-20-13-33-19-10-11-32-23(19)20/h2-9,12,19-20,23H,10-11,13H2,1H3,(H,27,28,29)/t19-,20?,23+/m1/s1. The van der Waals surface area contributed by atoms with Gasteiger partial charge in [0.1, 0.15) is 6.10 Å². The number of hydrogen-bond donors (Lipinski definition) is 1. The summed E-state index contributed by atoms with van der Waals surface area (Å²) in [6.07, 6.45) is 1.86. The quantitative estimate of drug-likeness (QED) is 0.426. The highest BCUT2D eigenvalue weighted by Gasteiger charge is 2.43. The lowest BCUT2D eigenvalue weighted by atomic mass is 10.0. The molecule has 1 unspecified atom stereocenters. The van der Waals surface area contributed by atoms with Gasteiger partial charge in [-0.25, -0.2) is 13.4 Å². The molecule has 0 radical (unpaired) electrons. The molecule has 35 heavy (non-hydrogen) atoms. The van der Waals surface area contributed by atoms with Crippen molar-refractivity contribution in [2.75, 3.05) is 19.5 Å². The molecule has 0 saturated carbocycles. The second kappa shape index (κ2) is 8.60. The Labute approximate surface area is 207 Å². The number of ether oxygens (including phenoxy) is 3. The van der Waals surface area contributed by atoms with Gasteiger partial charge >= 0.3 is 0 Å². The average Bonchev–Trinajstić information content (AvgIpc) is 3.55. The Morgan fingerprint density at radius 1 is 1.06 bits per heavy atom. The molecule has 3 atom stereocenters. The SMILES string of the molecule is CS(=O)(=O)c1ccccc1-c1ccc(-c2nc3nc(OC4CO[C@@H]5CCO[C@H]45)[nH]c3cc2Cl)cc1. The van der Waals surface area contributed by atoms with Crippen LogP contribution in [0, 0.1) is 0 Å². The van der Waals surface area contributed by atoms with Gasteiger partial charge in [-0.1, -0.05) is 54.1 Å². The van der Waals surface area contributed by atoms with Crippen molar-refractivity contribution in [3.05, 3.63) is 59.6 Å². The minimum Gasteiger partial charge on any atom is -0.456 e. The Balaban J connectivity index is 1.29. The van der Waals surface area contributed by atoms with Gasteiger partial charge in [-0.2, -0.15) is 4.98 Å². The number of nitrogens with one attached hydrogen (secondary N) is 1. The largest absolute Gasteiger partial charge is 0.456 e. The lowest BCUT2D eigenvalue weighted by Gasteiger charge is -2.15. The third kappa shape index (κ3) is 4.18. The van der Waals surface area contributed by atoms with Crippen molar-refractivity contribution in [2.24, 2.45) is 0 Å². The number of imidazole rings is 1. The zero-order chi connectivity index (χ0) is 24.2. The molecule has 0 bridgehead atoms. The molecule has 8 nitrogen and oxygen atoms in total. The Kier molecular flexibility index (Phi) is 5.52. The number of fused-ring (bicyclic) bond motifs is 2. The number of halogens is 1. The molecule has 2 fully saturated rings. The van der Waals surface area contributed by atoms with Gasteiger partial charge < -0.3 is 19.2 Å². The highest BCUT2D eigenvalue weighted by Crippen LogP contribution is 2.34. The van der Waals surface area contributed by atoms with E-state index < -0.39 is 9.84 Å². The van der Waals surface area contributed by atoms with E-state index in [-0.39, 0.29) is 23.2 Å². The third-order valence-electron chi connectivity index (χ3n) is 6.34. The summed E-state index contributed by atoms with van der Waals surface area (Å²) in [4.78, 5) is 12.6. The molecule has 6 rings (SSSR count). The van der Waals surface area contributed by atoms with Crippen LogP contribution in [-0.2, 0) is 19.3 Å². The van der Waals surface area contributed by atoms with Gasteiger partial charge in [0.05, 0.1) is 33.8 Å². The summed E-state index contributed by atoms with van der Waals surface area (Å²) in [5, 5.41) is 0.459. The van der Waals surface area contributed by atoms with Crippen molar-refractivity contribution in [3.63, 3.8) is 0 Å². The fourth-order valence-electron chi connectivity index (χ4n) is 4.66.